The Bertz CT molecular complexity index is 777. The lowest BCUT2D eigenvalue weighted by atomic mass is 10.0. The number of thiocarbonyl (C=S) groups is 1. The van der Waals surface area contributed by atoms with Crippen LogP contribution in [-0.4, -0.2) is 23.5 Å². The Morgan fingerprint density at radius 1 is 1.28 bits per heavy atom. The Kier molecular flexibility index (Phi) is 6.78. The van der Waals surface area contributed by atoms with Crippen molar-refractivity contribution in [2.75, 3.05) is 12.4 Å². The fourth-order valence-corrected chi connectivity index (χ4v) is 2.73. The monoisotopic (exact) mass is 421 g/mol. The van der Waals surface area contributed by atoms with E-state index in [1.54, 1.807) is 18.3 Å². The molecule has 0 aliphatic rings. The van der Waals surface area contributed by atoms with E-state index in [2.05, 4.69) is 57.8 Å². The van der Waals surface area contributed by atoms with Crippen LogP contribution in [0.4, 0.5) is 5.69 Å². The van der Waals surface area contributed by atoms with E-state index in [0.717, 1.165) is 11.3 Å². The molecule has 0 radical (unpaired) electrons. The SMILES string of the molecule is COc1cc(/C=N/NC(=S)Nc2ccc(C(C)C)cc2)cc(Br)c1O. The molecule has 0 atom stereocenters. The Labute approximate surface area is 161 Å². The molecule has 0 saturated heterocycles. The van der Waals surface area contributed by atoms with Crippen molar-refractivity contribution in [2.45, 2.75) is 19.8 Å². The van der Waals surface area contributed by atoms with Gasteiger partial charge in [-0.15, -0.1) is 0 Å². The molecule has 0 saturated carbocycles. The van der Waals surface area contributed by atoms with Crippen LogP contribution in [0.1, 0.15) is 30.9 Å². The highest BCUT2D eigenvalue weighted by Crippen LogP contribution is 2.34. The summed E-state index contributed by atoms with van der Waals surface area (Å²) in [5, 5.41) is 17.3. The molecular formula is C18H20BrN3O2S. The molecule has 0 amide bonds. The molecule has 2 aromatic rings. The van der Waals surface area contributed by atoms with Crippen LogP contribution in [0.25, 0.3) is 0 Å². The quantitative estimate of drug-likeness (QED) is 0.373. The van der Waals surface area contributed by atoms with Crippen molar-refractivity contribution < 1.29 is 9.84 Å². The molecule has 2 rings (SSSR count). The van der Waals surface area contributed by atoms with E-state index >= 15 is 0 Å². The molecule has 5 nitrogen and oxygen atoms in total. The number of hydrogen-bond donors (Lipinski definition) is 3. The summed E-state index contributed by atoms with van der Waals surface area (Å²) in [6, 6.07) is 11.5. The standard InChI is InChI=1S/C18H20BrN3O2S/c1-11(2)13-4-6-14(7-5-13)21-18(25)22-20-10-12-8-15(19)17(23)16(9-12)24-3/h4-11,23H,1-3H3,(H2,21,22,25)/b20-10+. The van der Waals surface area contributed by atoms with Crippen LogP contribution in [0.2, 0.25) is 0 Å². The molecule has 0 bridgehead atoms. The first kappa shape index (κ1) is 19.2. The van der Waals surface area contributed by atoms with Gasteiger partial charge in [0.1, 0.15) is 0 Å². The van der Waals surface area contributed by atoms with Crippen molar-refractivity contribution >= 4 is 45.2 Å². The lowest BCUT2D eigenvalue weighted by Gasteiger charge is -2.09. The van der Waals surface area contributed by atoms with Crippen molar-refractivity contribution in [3.05, 3.63) is 52.0 Å². The van der Waals surface area contributed by atoms with E-state index in [1.165, 1.54) is 12.7 Å². The van der Waals surface area contributed by atoms with E-state index < -0.39 is 0 Å². The average molecular weight is 422 g/mol. The number of benzene rings is 2. The van der Waals surface area contributed by atoms with Crippen LogP contribution in [0.15, 0.2) is 46.0 Å². The summed E-state index contributed by atoms with van der Waals surface area (Å²) in [4.78, 5) is 0. The number of phenols is 1. The van der Waals surface area contributed by atoms with Gasteiger partial charge in [-0.1, -0.05) is 26.0 Å². The Morgan fingerprint density at radius 3 is 2.56 bits per heavy atom. The summed E-state index contributed by atoms with van der Waals surface area (Å²) in [6.45, 7) is 4.31. The van der Waals surface area contributed by atoms with Gasteiger partial charge < -0.3 is 15.2 Å². The second kappa shape index (κ2) is 8.82. The van der Waals surface area contributed by atoms with Gasteiger partial charge in [0.15, 0.2) is 16.6 Å². The van der Waals surface area contributed by atoms with Gasteiger partial charge in [-0.05, 0) is 69.5 Å². The second-order valence-electron chi connectivity index (χ2n) is 5.65. The molecule has 0 unspecified atom stereocenters. The number of hydrogen-bond acceptors (Lipinski definition) is 4. The van der Waals surface area contributed by atoms with Crippen LogP contribution in [0.3, 0.4) is 0 Å². The predicted molar refractivity (Wildman–Crippen MR) is 110 cm³/mol. The molecule has 2 aromatic carbocycles. The Balaban J connectivity index is 1.95. The molecule has 25 heavy (non-hydrogen) atoms. The van der Waals surface area contributed by atoms with Crippen molar-refractivity contribution in [2.24, 2.45) is 5.10 Å². The van der Waals surface area contributed by atoms with Crippen LogP contribution in [0.5, 0.6) is 11.5 Å². The fraction of sp³-hybridized carbons (Fsp3) is 0.222. The third-order valence-electron chi connectivity index (χ3n) is 3.49. The summed E-state index contributed by atoms with van der Waals surface area (Å²) in [5.41, 5.74) is 5.68. The van der Waals surface area contributed by atoms with Gasteiger partial charge in [0, 0.05) is 5.69 Å². The fourth-order valence-electron chi connectivity index (χ4n) is 2.10. The first-order valence-electron chi connectivity index (χ1n) is 7.67. The molecule has 7 heteroatoms. The average Bonchev–Trinajstić information content (AvgIpc) is 2.58. The number of methoxy groups -OCH3 is 1. The van der Waals surface area contributed by atoms with E-state index in [-0.39, 0.29) is 5.75 Å². The van der Waals surface area contributed by atoms with Crippen LogP contribution in [-0.2, 0) is 0 Å². The molecule has 3 N–H and O–H groups in total. The maximum Gasteiger partial charge on any atom is 0.191 e. The summed E-state index contributed by atoms with van der Waals surface area (Å²) >= 11 is 8.49. The van der Waals surface area contributed by atoms with Crippen LogP contribution >= 0.6 is 28.1 Å². The zero-order chi connectivity index (χ0) is 18.4. The molecular weight excluding hydrogens is 402 g/mol. The highest BCUT2D eigenvalue weighted by Gasteiger charge is 2.07. The Morgan fingerprint density at radius 2 is 1.96 bits per heavy atom. The van der Waals surface area contributed by atoms with Crippen molar-refractivity contribution in [3.8, 4) is 11.5 Å². The molecule has 0 aliphatic carbocycles. The van der Waals surface area contributed by atoms with Crippen LogP contribution in [0, 0.1) is 0 Å². The van der Waals surface area contributed by atoms with Gasteiger partial charge in [0.25, 0.3) is 0 Å². The number of nitrogens with zero attached hydrogens (tertiary/aromatic N) is 1. The lowest BCUT2D eigenvalue weighted by Crippen LogP contribution is -2.23. The minimum Gasteiger partial charge on any atom is -0.503 e. The van der Waals surface area contributed by atoms with E-state index in [1.807, 2.05) is 12.1 Å². The maximum atomic E-state index is 9.79. The number of phenolic OH excluding ortho intramolecular Hbond substituents is 1. The molecule has 132 valence electrons. The predicted octanol–water partition coefficient (Wildman–Crippen LogP) is 4.61. The van der Waals surface area contributed by atoms with Crippen molar-refractivity contribution in [3.63, 3.8) is 0 Å². The van der Waals surface area contributed by atoms with Crippen LogP contribution < -0.4 is 15.5 Å². The number of hydrazone groups is 1. The second-order valence-corrected chi connectivity index (χ2v) is 6.92. The normalized spacial score (nSPS) is 10.9. The third-order valence-corrected chi connectivity index (χ3v) is 4.28. The Hall–Kier alpha value is -2.12. The molecule has 0 spiro atoms. The highest BCUT2D eigenvalue weighted by atomic mass is 79.9. The smallest absolute Gasteiger partial charge is 0.191 e. The number of nitrogens with one attached hydrogen (secondary N) is 2. The number of rotatable bonds is 5. The first-order chi connectivity index (χ1) is 11.9. The van der Waals surface area contributed by atoms with Gasteiger partial charge in [0.2, 0.25) is 0 Å². The van der Waals surface area contributed by atoms with E-state index in [0.29, 0.717) is 21.3 Å². The zero-order valence-corrected chi connectivity index (χ0v) is 16.6. The van der Waals surface area contributed by atoms with Gasteiger partial charge in [-0.2, -0.15) is 5.10 Å². The largest absolute Gasteiger partial charge is 0.503 e. The topological polar surface area (TPSA) is 65.9 Å². The molecule has 0 aromatic heterocycles. The summed E-state index contributed by atoms with van der Waals surface area (Å²) < 4.78 is 5.63. The first-order valence-corrected chi connectivity index (χ1v) is 8.87. The number of halogens is 1. The number of aromatic hydroxyl groups is 1. The van der Waals surface area contributed by atoms with E-state index in [4.69, 9.17) is 17.0 Å². The van der Waals surface area contributed by atoms with Gasteiger partial charge >= 0.3 is 0 Å². The number of ether oxygens (including phenoxy) is 1. The minimum atomic E-state index is 0.0506. The minimum absolute atomic E-state index is 0.0506. The number of anilines is 1. The lowest BCUT2D eigenvalue weighted by molar-refractivity contribution is 0.372. The van der Waals surface area contributed by atoms with E-state index in [9.17, 15) is 5.11 Å². The van der Waals surface area contributed by atoms with Gasteiger partial charge in [0.05, 0.1) is 17.8 Å². The third kappa shape index (κ3) is 5.44. The summed E-state index contributed by atoms with van der Waals surface area (Å²) in [7, 11) is 1.49. The summed E-state index contributed by atoms with van der Waals surface area (Å²) in [6.07, 6.45) is 1.59. The van der Waals surface area contributed by atoms with Gasteiger partial charge in [-0.25, -0.2) is 0 Å². The zero-order valence-electron chi connectivity index (χ0n) is 14.2. The molecule has 0 aliphatic heterocycles. The van der Waals surface area contributed by atoms with Crippen molar-refractivity contribution in [1.82, 2.24) is 5.43 Å². The molecule has 0 heterocycles. The highest BCUT2D eigenvalue weighted by molar-refractivity contribution is 9.10. The summed E-state index contributed by atoms with van der Waals surface area (Å²) in [5.74, 6) is 0.904. The van der Waals surface area contributed by atoms with Crippen molar-refractivity contribution in [1.29, 1.82) is 0 Å². The maximum absolute atomic E-state index is 9.79. The molecule has 0 fully saturated rings. The van der Waals surface area contributed by atoms with Gasteiger partial charge in [-0.3, -0.25) is 5.43 Å².